The minimum Gasteiger partial charge on any atom is -0.478 e. The van der Waals surface area contributed by atoms with Crippen LogP contribution >= 0.6 is 11.6 Å². The Morgan fingerprint density at radius 2 is 2.04 bits per heavy atom. The second-order valence-electron chi connectivity index (χ2n) is 5.87. The van der Waals surface area contributed by atoms with E-state index in [9.17, 15) is 9.59 Å². The third kappa shape index (κ3) is 2.62. The molecule has 25 heavy (non-hydrogen) atoms. The van der Waals surface area contributed by atoms with Crippen molar-refractivity contribution in [1.29, 1.82) is 0 Å². The van der Waals surface area contributed by atoms with Crippen LogP contribution in [0.4, 0.5) is 0 Å². The normalized spacial score (nSPS) is 14.8. The van der Waals surface area contributed by atoms with Crippen LogP contribution in [-0.2, 0) is 6.54 Å². The van der Waals surface area contributed by atoms with Crippen LogP contribution in [0.2, 0.25) is 5.02 Å². The third-order valence-corrected chi connectivity index (χ3v) is 4.67. The molecule has 0 fully saturated rings. The number of nitrogens with zero attached hydrogens (tertiary/aromatic N) is 2. The zero-order valence-electron chi connectivity index (χ0n) is 13.1. The number of hydrogen-bond acceptors (Lipinski definition) is 3. The van der Waals surface area contributed by atoms with E-state index in [0.717, 1.165) is 11.1 Å². The second-order valence-corrected chi connectivity index (χ2v) is 6.28. The molecule has 0 radical (unpaired) electrons. The summed E-state index contributed by atoms with van der Waals surface area (Å²) in [6, 6.07) is 11.9. The van der Waals surface area contributed by atoms with E-state index < -0.39 is 5.97 Å². The van der Waals surface area contributed by atoms with E-state index in [1.807, 2.05) is 30.3 Å². The van der Waals surface area contributed by atoms with Crippen molar-refractivity contribution in [2.24, 2.45) is 0 Å². The van der Waals surface area contributed by atoms with Gasteiger partial charge in [0.1, 0.15) is 5.82 Å². The third-order valence-electron chi connectivity index (χ3n) is 4.33. The van der Waals surface area contributed by atoms with Gasteiger partial charge >= 0.3 is 5.97 Å². The van der Waals surface area contributed by atoms with Gasteiger partial charge in [-0.05, 0) is 47.9 Å². The summed E-state index contributed by atoms with van der Waals surface area (Å²) >= 11 is 6.21. The average Bonchev–Trinajstić information content (AvgIpc) is 3.00. The van der Waals surface area contributed by atoms with Crippen LogP contribution in [0, 0.1) is 0 Å². The van der Waals surface area contributed by atoms with Gasteiger partial charge in [0.2, 0.25) is 0 Å². The first-order valence-electron chi connectivity index (χ1n) is 7.78. The summed E-state index contributed by atoms with van der Waals surface area (Å²) in [6.45, 7) is 0.550. The summed E-state index contributed by atoms with van der Waals surface area (Å²) < 4.78 is 1.63. The minimum absolute atomic E-state index is 0.110. The Balaban J connectivity index is 1.92. The summed E-state index contributed by atoms with van der Waals surface area (Å²) in [4.78, 5) is 28.4. The van der Waals surface area contributed by atoms with Gasteiger partial charge in [0.25, 0.3) is 5.56 Å². The second kappa shape index (κ2) is 5.86. The van der Waals surface area contributed by atoms with E-state index in [0.29, 0.717) is 34.7 Å². The molecule has 124 valence electrons. The lowest BCUT2D eigenvalue weighted by molar-refractivity contribution is 0.0697. The number of benzene rings is 2. The maximum absolute atomic E-state index is 12.7. The zero-order chi connectivity index (χ0) is 17.6. The number of carbonyl (C=O) groups is 1. The largest absolute Gasteiger partial charge is 0.478 e. The Morgan fingerprint density at radius 3 is 2.80 bits per heavy atom. The van der Waals surface area contributed by atoms with Crippen LogP contribution in [0.15, 0.2) is 47.3 Å². The Hall–Kier alpha value is -2.92. The number of carboxylic acid groups (broad SMARTS) is 1. The Bertz CT molecular complexity index is 1120. The summed E-state index contributed by atoms with van der Waals surface area (Å²) in [5.74, 6) is -0.476. The molecule has 0 saturated carbocycles. The van der Waals surface area contributed by atoms with Crippen molar-refractivity contribution in [2.45, 2.75) is 13.0 Å². The Labute approximate surface area is 147 Å². The fraction of sp³-hybridized carbons (Fsp3) is 0.105. The number of rotatable bonds is 2. The summed E-state index contributed by atoms with van der Waals surface area (Å²) in [5, 5.41) is 10.2. The van der Waals surface area contributed by atoms with Crippen molar-refractivity contribution in [3.05, 3.63) is 74.8 Å². The number of aromatic nitrogens is 2. The molecular formula is C19H13ClN2O3. The summed E-state index contributed by atoms with van der Waals surface area (Å²) in [7, 11) is 0. The molecule has 1 aliphatic rings. The highest BCUT2D eigenvalue weighted by Crippen LogP contribution is 2.29. The molecule has 2 aromatic carbocycles. The van der Waals surface area contributed by atoms with Crippen LogP contribution < -0.4 is 5.56 Å². The summed E-state index contributed by atoms with van der Waals surface area (Å²) in [5.41, 5.74) is 2.12. The predicted octanol–water partition coefficient (Wildman–Crippen LogP) is 3.69. The first kappa shape index (κ1) is 15.6. The van der Waals surface area contributed by atoms with Crippen LogP contribution in [-0.4, -0.2) is 20.6 Å². The number of carboxylic acids is 1. The molecule has 4 rings (SSSR count). The fourth-order valence-electron chi connectivity index (χ4n) is 3.07. The number of aromatic carboxylic acids is 1. The lowest BCUT2D eigenvalue weighted by atomic mass is 10.1. The SMILES string of the molecule is O=C(O)c1ccc2c(=O)n3c(nc2c1)/C(=C\c1ccccc1Cl)CC3. The van der Waals surface area contributed by atoms with Gasteiger partial charge in [-0.25, -0.2) is 9.78 Å². The van der Waals surface area contributed by atoms with E-state index in [1.54, 1.807) is 4.57 Å². The molecule has 0 bridgehead atoms. The topological polar surface area (TPSA) is 72.2 Å². The predicted molar refractivity (Wildman–Crippen MR) is 96.9 cm³/mol. The Morgan fingerprint density at radius 1 is 1.24 bits per heavy atom. The van der Waals surface area contributed by atoms with Crippen LogP contribution in [0.25, 0.3) is 22.6 Å². The minimum atomic E-state index is -1.05. The van der Waals surface area contributed by atoms with Crippen molar-refractivity contribution < 1.29 is 9.90 Å². The van der Waals surface area contributed by atoms with Crippen LogP contribution in [0.5, 0.6) is 0 Å². The molecule has 0 spiro atoms. The van der Waals surface area contributed by atoms with E-state index in [-0.39, 0.29) is 11.1 Å². The number of halogens is 1. The first-order chi connectivity index (χ1) is 12.0. The maximum atomic E-state index is 12.7. The molecule has 0 amide bonds. The van der Waals surface area contributed by atoms with E-state index >= 15 is 0 Å². The highest BCUT2D eigenvalue weighted by Gasteiger charge is 2.21. The molecule has 3 aromatic rings. The van der Waals surface area contributed by atoms with Gasteiger partial charge in [-0.1, -0.05) is 29.8 Å². The zero-order valence-corrected chi connectivity index (χ0v) is 13.8. The van der Waals surface area contributed by atoms with Crippen molar-refractivity contribution in [1.82, 2.24) is 9.55 Å². The van der Waals surface area contributed by atoms with E-state index in [4.69, 9.17) is 16.7 Å². The molecule has 2 heterocycles. The monoisotopic (exact) mass is 352 g/mol. The van der Waals surface area contributed by atoms with Gasteiger partial charge < -0.3 is 5.11 Å². The Kier molecular flexibility index (Phi) is 3.66. The van der Waals surface area contributed by atoms with Crippen LogP contribution in [0.1, 0.15) is 28.2 Å². The highest BCUT2D eigenvalue weighted by atomic mass is 35.5. The van der Waals surface area contributed by atoms with Crippen molar-refractivity contribution in [3.8, 4) is 0 Å². The number of allylic oxidation sites excluding steroid dienone is 1. The van der Waals surface area contributed by atoms with Gasteiger partial charge in [0, 0.05) is 11.6 Å². The molecule has 0 unspecified atom stereocenters. The lowest BCUT2D eigenvalue weighted by Gasteiger charge is -2.06. The summed E-state index contributed by atoms with van der Waals surface area (Å²) in [6.07, 6.45) is 2.61. The van der Waals surface area contributed by atoms with Crippen molar-refractivity contribution in [2.75, 3.05) is 0 Å². The molecule has 1 N–H and O–H groups in total. The first-order valence-corrected chi connectivity index (χ1v) is 8.16. The molecule has 0 atom stereocenters. The van der Waals surface area contributed by atoms with Gasteiger partial charge in [-0.2, -0.15) is 0 Å². The molecule has 1 aromatic heterocycles. The molecular weight excluding hydrogens is 340 g/mol. The number of fused-ring (bicyclic) bond motifs is 2. The van der Waals surface area contributed by atoms with E-state index in [1.165, 1.54) is 18.2 Å². The molecule has 1 aliphatic heterocycles. The highest BCUT2D eigenvalue weighted by molar-refractivity contribution is 6.32. The standard InChI is InChI=1S/C19H13ClN2O3/c20-15-4-2-1-3-11(15)9-12-7-8-22-17(12)21-16-10-13(19(24)25)5-6-14(16)18(22)23/h1-6,9-10H,7-8H2,(H,24,25)/b12-9-. The van der Waals surface area contributed by atoms with Gasteiger partial charge in [-0.15, -0.1) is 0 Å². The number of hydrogen-bond donors (Lipinski definition) is 1. The molecule has 5 nitrogen and oxygen atoms in total. The van der Waals surface area contributed by atoms with Gasteiger partial charge in [0.05, 0.1) is 16.5 Å². The molecule has 6 heteroatoms. The van der Waals surface area contributed by atoms with Crippen molar-refractivity contribution >= 4 is 40.1 Å². The smallest absolute Gasteiger partial charge is 0.335 e. The maximum Gasteiger partial charge on any atom is 0.335 e. The quantitative estimate of drug-likeness (QED) is 0.763. The van der Waals surface area contributed by atoms with Gasteiger partial charge in [0.15, 0.2) is 0 Å². The molecule has 0 aliphatic carbocycles. The van der Waals surface area contributed by atoms with Crippen molar-refractivity contribution in [3.63, 3.8) is 0 Å². The van der Waals surface area contributed by atoms with E-state index in [2.05, 4.69) is 4.98 Å². The average molecular weight is 353 g/mol. The fourth-order valence-corrected chi connectivity index (χ4v) is 3.26. The molecule has 0 saturated heterocycles. The lowest BCUT2D eigenvalue weighted by Crippen LogP contribution is -2.21. The van der Waals surface area contributed by atoms with Crippen LogP contribution in [0.3, 0.4) is 0 Å². The van der Waals surface area contributed by atoms with Gasteiger partial charge in [-0.3, -0.25) is 9.36 Å².